The number of carboxylic acids is 1. The van der Waals surface area contributed by atoms with Crippen molar-refractivity contribution < 1.29 is 41.8 Å². The summed E-state index contributed by atoms with van der Waals surface area (Å²) in [6.45, 7) is 5.33. The minimum Gasteiger partial charge on any atom is -0.475 e. The zero-order valence-electron chi connectivity index (χ0n) is 24.3. The number of carbonyl (C=O) groups excluding carboxylic acids is 2. The highest BCUT2D eigenvalue weighted by Crippen LogP contribution is 2.35. The van der Waals surface area contributed by atoms with Crippen LogP contribution in [-0.4, -0.2) is 60.1 Å². The molecule has 3 aromatic rings. The Labute approximate surface area is 271 Å². The fourth-order valence-electron chi connectivity index (χ4n) is 4.36. The zero-order chi connectivity index (χ0) is 34.0. The topological polar surface area (TPSA) is 132 Å². The van der Waals surface area contributed by atoms with E-state index < -0.39 is 23.9 Å². The van der Waals surface area contributed by atoms with E-state index in [9.17, 15) is 22.8 Å². The highest BCUT2D eigenvalue weighted by atomic mass is 35.5. The summed E-state index contributed by atoms with van der Waals surface area (Å²) in [5.41, 5.74) is 2.03. The number of amides is 2. The van der Waals surface area contributed by atoms with Crippen LogP contribution in [0.4, 0.5) is 23.2 Å². The number of hydrogen-bond donors (Lipinski definition) is 3. The molecule has 1 saturated heterocycles. The lowest BCUT2D eigenvalue weighted by atomic mass is 10.1. The van der Waals surface area contributed by atoms with Crippen molar-refractivity contribution in [2.75, 3.05) is 31.5 Å². The summed E-state index contributed by atoms with van der Waals surface area (Å²) in [7, 11) is 0. The molecule has 0 saturated carbocycles. The lowest BCUT2D eigenvalue weighted by molar-refractivity contribution is -0.192. The summed E-state index contributed by atoms with van der Waals surface area (Å²) in [4.78, 5) is 36.5. The van der Waals surface area contributed by atoms with Gasteiger partial charge in [-0.05, 0) is 80.9 Å². The molecule has 1 aliphatic heterocycles. The highest BCUT2D eigenvalue weighted by Gasteiger charge is 2.38. The second-order valence-electron chi connectivity index (χ2n) is 10.1. The molecular formula is C31H28Cl2F4N4O5. The molecule has 1 aliphatic rings. The predicted molar refractivity (Wildman–Crippen MR) is 163 cm³/mol. The van der Waals surface area contributed by atoms with Gasteiger partial charge in [0.15, 0.2) is 11.6 Å². The molecule has 15 heteroatoms. The number of carbonyl (C=O) groups is 3. The molecule has 0 radical (unpaired) electrons. The first-order valence-corrected chi connectivity index (χ1v) is 14.5. The van der Waals surface area contributed by atoms with Crippen LogP contribution < -0.4 is 15.4 Å². The Hall–Kier alpha value is -4.38. The molecule has 9 nitrogen and oxygen atoms in total. The third kappa shape index (κ3) is 10.6. The predicted octanol–water partition coefficient (Wildman–Crippen LogP) is 6.75. The van der Waals surface area contributed by atoms with E-state index in [-0.39, 0.29) is 45.0 Å². The molecule has 1 heterocycles. The number of benzene rings is 3. The van der Waals surface area contributed by atoms with E-state index in [0.29, 0.717) is 23.4 Å². The maximum Gasteiger partial charge on any atom is 0.490 e. The number of ether oxygens (including phenoxy) is 1. The number of anilines is 1. The first-order valence-electron chi connectivity index (χ1n) is 13.7. The normalized spacial score (nSPS) is 12.8. The van der Waals surface area contributed by atoms with Gasteiger partial charge in [-0.1, -0.05) is 29.3 Å². The summed E-state index contributed by atoms with van der Waals surface area (Å²) < 4.78 is 52.6. The second-order valence-corrected chi connectivity index (χ2v) is 10.9. The Kier molecular flexibility index (Phi) is 12.8. The van der Waals surface area contributed by atoms with Crippen LogP contribution in [0.1, 0.15) is 39.9 Å². The lowest BCUT2D eigenvalue weighted by Gasteiger charge is -2.15. The third-order valence-corrected chi connectivity index (χ3v) is 7.13. The lowest BCUT2D eigenvalue weighted by Crippen LogP contribution is -2.33. The minimum absolute atomic E-state index is 0.000260. The standard InChI is InChI=1S/C29H27Cl2FN4O3.C2HF3O2/c1-18-12-21(29(38)34-8-11-36-9-2-3-10-36)5-7-25(18)35-26(37)15-20-4-6-24(31)28(27(20)32)39-23-14-19(17-33)13-22(30)16-23;3-2(4,5)1(6)7/h4-7,12-14,16H,2-3,8-11,15H2,1H3,(H,34,38)(H,35,37);(H,6,7). The Morgan fingerprint density at radius 3 is 2.35 bits per heavy atom. The number of nitrogens with one attached hydrogen (secondary N) is 2. The smallest absolute Gasteiger partial charge is 0.475 e. The molecule has 46 heavy (non-hydrogen) atoms. The average molecular weight is 683 g/mol. The van der Waals surface area contributed by atoms with Gasteiger partial charge >= 0.3 is 12.1 Å². The molecule has 0 aromatic heterocycles. The second kappa shape index (κ2) is 16.3. The van der Waals surface area contributed by atoms with Crippen molar-refractivity contribution in [2.24, 2.45) is 0 Å². The van der Waals surface area contributed by atoms with Crippen LogP contribution in [0.15, 0.2) is 48.5 Å². The van der Waals surface area contributed by atoms with Crippen LogP contribution in [-0.2, 0) is 16.0 Å². The Morgan fingerprint density at radius 2 is 1.74 bits per heavy atom. The molecule has 4 rings (SSSR count). The van der Waals surface area contributed by atoms with Crippen LogP contribution in [0.2, 0.25) is 10.0 Å². The van der Waals surface area contributed by atoms with Crippen LogP contribution in [0.25, 0.3) is 0 Å². The van der Waals surface area contributed by atoms with Crippen molar-refractivity contribution in [2.45, 2.75) is 32.4 Å². The van der Waals surface area contributed by atoms with Gasteiger partial charge in [-0.15, -0.1) is 0 Å². The minimum atomic E-state index is -5.08. The van der Waals surface area contributed by atoms with Crippen molar-refractivity contribution in [1.29, 1.82) is 5.26 Å². The van der Waals surface area contributed by atoms with E-state index in [0.717, 1.165) is 19.6 Å². The number of halogens is 6. The van der Waals surface area contributed by atoms with Gasteiger partial charge in [0, 0.05) is 34.9 Å². The molecular weight excluding hydrogens is 655 g/mol. The highest BCUT2D eigenvalue weighted by molar-refractivity contribution is 6.32. The molecule has 244 valence electrons. The summed E-state index contributed by atoms with van der Waals surface area (Å²) in [6.07, 6.45) is -2.96. The maximum atomic E-state index is 15.3. The molecule has 1 fully saturated rings. The molecule has 3 aromatic carbocycles. The van der Waals surface area contributed by atoms with Crippen molar-refractivity contribution in [3.63, 3.8) is 0 Å². The van der Waals surface area contributed by atoms with Crippen LogP contribution in [0, 0.1) is 24.1 Å². The fraction of sp³-hybridized carbons (Fsp3) is 0.290. The summed E-state index contributed by atoms with van der Waals surface area (Å²) in [5, 5.41) is 22.2. The number of rotatable bonds is 9. The number of likely N-dealkylation sites (tertiary alicyclic amines) is 1. The van der Waals surface area contributed by atoms with E-state index in [4.69, 9.17) is 43.1 Å². The number of carboxylic acid groups (broad SMARTS) is 1. The Bertz CT molecular complexity index is 1640. The van der Waals surface area contributed by atoms with E-state index in [1.165, 1.54) is 43.2 Å². The van der Waals surface area contributed by atoms with Gasteiger partial charge in [-0.2, -0.15) is 18.4 Å². The fourth-order valence-corrected chi connectivity index (χ4v) is 4.77. The third-order valence-electron chi connectivity index (χ3n) is 6.62. The van der Waals surface area contributed by atoms with Gasteiger partial charge in [0.2, 0.25) is 5.91 Å². The number of aliphatic carboxylic acids is 1. The molecule has 2 amide bonds. The van der Waals surface area contributed by atoms with Gasteiger partial charge in [0.25, 0.3) is 5.91 Å². The molecule has 3 N–H and O–H groups in total. The summed E-state index contributed by atoms with van der Waals surface area (Å²) >= 11 is 12.2. The van der Waals surface area contributed by atoms with Crippen molar-refractivity contribution >= 4 is 46.7 Å². The quantitative estimate of drug-likeness (QED) is 0.213. The van der Waals surface area contributed by atoms with Gasteiger partial charge in [0.1, 0.15) is 5.75 Å². The van der Waals surface area contributed by atoms with Gasteiger partial charge in [-0.3, -0.25) is 9.59 Å². The van der Waals surface area contributed by atoms with Gasteiger partial charge < -0.3 is 25.4 Å². The first-order chi connectivity index (χ1) is 21.7. The number of aryl methyl sites for hydroxylation is 1. The largest absolute Gasteiger partial charge is 0.490 e. The monoisotopic (exact) mass is 682 g/mol. The van der Waals surface area contributed by atoms with Crippen LogP contribution in [0.5, 0.6) is 11.5 Å². The van der Waals surface area contributed by atoms with Crippen molar-refractivity contribution in [1.82, 2.24) is 10.2 Å². The summed E-state index contributed by atoms with van der Waals surface area (Å²) in [5.74, 6) is -4.32. The van der Waals surface area contributed by atoms with E-state index in [2.05, 4.69) is 15.5 Å². The van der Waals surface area contributed by atoms with Crippen LogP contribution >= 0.6 is 23.2 Å². The van der Waals surface area contributed by atoms with E-state index in [1.54, 1.807) is 25.1 Å². The van der Waals surface area contributed by atoms with Crippen LogP contribution in [0.3, 0.4) is 0 Å². The van der Waals surface area contributed by atoms with Crippen molar-refractivity contribution in [3.8, 4) is 17.6 Å². The number of nitriles is 1. The van der Waals surface area contributed by atoms with Crippen molar-refractivity contribution in [3.05, 3.63) is 86.6 Å². The Morgan fingerprint density at radius 1 is 1.07 bits per heavy atom. The van der Waals surface area contributed by atoms with Gasteiger partial charge in [-0.25, -0.2) is 9.18 Å². The SMILES string of the molecule is Cc1cc(C(=O)NCCN2CCCC2)ccc1NC(=O)Cc1ccc(Cl)c(Oc2cc(Cl)cc(C#N)c2)c1F.O=C(O)C(F)(F)F. The molecule has 0 aliphatic carbocycles. The molecule has 0 unspecified atom stereocenters. The van der Waals surface area contributed by atoms with Gasteiger partial charge in [0.05, 0.1) is 23.1 Å². The maximum absolute atomic E-state index is 15.3. The molecule has 0 bridgehead atoms. The number of hydrogen-bond acceptors (Lipinski definition) is 6. The summed E-state index contributed by atoms with van der Waals surface area (Å²) in [6, 6.07) is 14.1. The van der Waals surface area contributed by atoms with E-state index in [1.807, 2.05) is 6.07 Å². The first kappa shape index (κ1) is 36.1. The van der Waals surface area contributed by atoms with E-state index >= 15 is 4.39 Å². The molecule has 0 atom stereocenters. The molecule has 0 spiro atoms. The number of nitrogens with zero attached hydrogens (tertiary/aromatic N) is 2. The zero-order valence-corrected chi connectivity index (χ0v) is 25.8. The average Bonchev–Trinajstić information content (AvgIpc) is 3.51. The Balaban J connectivity index is 0.000000738. The number of alkyl halides is 3.